The van der Waals surface area contributed by atoms with Crippen LogP contribution in [0.1, 0.15) is 41.0 Å². The Morgan fingerprint density at radius 3 is 2.48 bits per heavy atom. The lowest BCUT2D eigenvalue weighted by Gasteiger charge is -2.39. The highest BCUT2D eigenvalue weighted by molar-refractivity contribution is 5.79. The highest BCUT2D eigenvalue weighted by atomic mass is 16.5. The molecule has 0 saturated carbocycles. The molecule has 5 heteroatoms. The van der Waals surface area contributed by atoms with E-state index < -0.39 is 0 Å². The van der Waals surface area contributed by atoms with Gasteiger partial charge in [0.05, 0.1) is 19.8 Å². The molecule has 0 aromatic rings. The van der Waals surface area contributed by atoms with E-state index in [1.807, 2.05) is 0 Å². The third kappa shape index (κ3) is 7.14. The Morgan fingerprint density at radius 2 is 1.90 bits per heavy atom. The molecule has 0 spiro atoms. The van der Waals surface area contributed by atoms with E-state index >= 15 is 0 Å². The van der Waals surface area contributed by atoms with Crippen molar-refractivity contribution in [3.05, 3.63) is 0 Å². The first-order valence-electron chi connectivity index (χ1n) is 8.30. The van der Waals surface area contributed by atoms with E-state index in [1.165, 1.54) is 0 Å². The summed E-state index contributed by atoms with van der Waals surface area (Å²) in [5.74, 6) is 1.64. The second kappa shape index (κ2) is 9.26. The third-order valence-electron chi connectivity index (χ3n) is 3.85. The highest BCUT2D eigenvalue weighted by Crippen LogP contribution is 2.16. The van der Waals surface area contributed by atoms with Gasteiger partial charge in [0, 0.05) is 31.7 Å². The second-order valence-corrected chi connectivity index (χ2v) is 6.72. The van der Waals surface area contributed by atoms with Crippen LogP contribution < -0.4 is 10.6 Å². The van der Waals surface area contributed by atoms with Crippen LogP contribution in [0.25, 0.3) is 0 Å². The molecule has 124 valence electrons. The van der Waals surface area contributed by atoms with Gasteiger partial charge in [0.2, 0.25) is 0 Å². The predicted octanol–water partition coefficient (Wildman–Crippen LogP) is 1.70. The van der Waals surface area contributed by atoms with E-state index in [4.69, 9.17) is 9.73 Å². The molecule has 1 saturated heterocycles. The van der Waals surface area contributed by atoms with Crippen LogP contribution in [-0.4, -0.2) is 62.3 Å². The predicted molar refractivity (Wildman–Crippen MR) is 89.9 cm³/mol. The standard InChI is InChI=1S/C16H34N4O/c1-6-17-15(18-8-7-14(2)3)19-13-16(4,5)20-9-11-21-12-10-20/h14H,6-13H2,1-5H3,(H2,17,18,19). The minimum Gasteiger partial charge on any atom is -0.379 e. The molecule has 1 aliphatic heterocycles. The summed E-state index contributed by atoms with van der Waals surface area (Å²) in [5, 5.41) is 6.75. The molecule has 1 rings (SSSR count). The molecule has 21 heavy (non-hydrogen) atoms. The number of morpholine rings is 1. The number of ether oxygens (including phenoxy) is 1. The van der Waals surface area contributed by atoms with Crippen molar-refractivity contribution in [2.24, 2.45) is 10.9 Å². The van der Waals surface area contributed by atoms with E-state index in [2.05, 4.69) is 50.2 Å². The summed E-state index contributed by atoms with van der Waals surface area (Å²) in [6.07, 6.45) is 1.16. The minimum absolute atomic E-state index is 0.0736. The van der Waals surface area contributed by atoms with Crippen molar-refractivity contribution in [1.82, 2.24) is 15.5 Å². The summed E-state index contributed by atoms with van der Waals surface area (Å²) >= 11 is 0. The van der Waals surface area contributed by atoms with Crippen LogP contribution in [0.15, 0.2) is 4.99 Å². The molecular weight excluding hydrogens is 264 g/mol. The van der Waals surface area contributed by atoms with Crippen molar-refractivity contribution in [2.75, 3.05) is 45.9 Å². The summed E-state index contributed by atoms with van der Waals surface area (Å²) in [7, 11) is 0. The smallest absolute Gasteiger partial charge is 0.191 e. The average molecular weight is 298 g/mol. The number of rotatable bonds is 7. The first-order chi connectivity index (χ1) is 9.95. The van der Waals surface area contributed by atoms with Crippen molar-refractivity contribution in [3.63, 3.8) is 0 Å². The van der Waals surface area contributed by atoms with Gasteiger partial charge in [0.25, 0.3) is 0 Å². The molecule has 0 aromatic carbocycles. The van der Waals surface area contributed by atoms with Crippen LogP contribution in [0.3, 0.4) is 0 Å². The zero-order valence-electron chi connectivity index (χ0n) is 14.5. The Morgan fingerprint density at radius 1 is 1.24 bits per heavy atom. The molecule has 1 fully saturated rings. The second-order valence-electron chi connectivity index (χ2n) is 6.72. The van der Waals surface area contributed by atoms with Gasteiger partial charge in [-0.3, -0.25) is 9.89 Å². The molecule has 1 aliphatic rings. The molecule has 0 radical (unpaired) electrons. The molecule has 0 bridgehead atoms. The van der Waals surface area contributed by atoms with Gasteiger partial charge in [-0.15, -0.1) is 0 Å². The van der Waals surface area contributed by atoms with Crippen LogP contribution in [-0.2, 0) is 4.74 Å². The van der Waals surface area contributed by atoms with Crippen molar-refractivity contribution in [2.45, 2.75) is 46.6 Å². The van der Waals surface area contributed by atoms with Gasteiger partial charge in [0.1, 0.15) is 0 Å². The number of hydrogen-bond donors (Lipinski definition) is 2. The maximum atomic E-state index is 5.43. The van der Waals surface area contributed by atoms with Crippen LogP contribution >= 0.6 is 0 Å². The molecule has 5 nitrogen and oxygen atoms in total. The fraction of sp³-hybridized carbons (Fsp3) is 0.938. The van der Waals surface area contributed by atoms with Gasteiger partial charge >= 0.3 is 0 Å². The van der Waals surface area contributed by atoms with E-state index in [0.29, 0.717) is 5.92 Å². The zero-order valence-corrected chi connectivity index (χ0v) is 14.5. The Kier molecular flexibility index (Phi) is 8.04. The SMILES string of the molecule is CCNC(=NCC(C)(C)N1CCOCC1)NCCC(C)C. The summed E-state index contributed by atoms with van der Waals surface area (Å²) < 4.78 is 5.43. The summed E-state index contributed by atoms with van der Waals surface area (Å²) in [5.41, 5.74) is 0.0736. The lowest BCUT2D eigenvalue weighted by molar-refractivity contribution is -0.00683. The topological polar surface area (TPSA) is 48.9 Å². The van der Waals surface area contributed by atoms with Gasteiger partial charge in [-0.25, -0.2) is 0 Å². The molecule has 0 amide bonds. The summed E-state index contributed by atoms with van der Waals surface area (Å²) in [6, 6.07) is 0. The van der Waals surface area contributed by atoms with Crippen LogP contribution in [0.4, 0.5) is 0 Å². The van der Waals surface area contributed by atoms with Crippen molar-refractivity contribution in [1.29, 1.82) is 0 Å². The number of nitrogens with one attached hydrogen (secondary N) is 2. The molecule has 0 unspecified atom stereocenters. The maximum absolute atomic E-state index is 5.43. The van der Waals surface area contributed by atoms with Gasteiger partial charge < -0.3 is 15.4 Å². The third-order valence-corrected chi connectivity index (χ3v) is 3.85. The highest BCUT2D eigenvalue weighted by Gasteiger charge is 2.27. The largest absolute Gasteiger partial charge is 0.379 e. The molecule has 2 N–H and O–H groups in total. The van der Waals surface area contributed by atoms with Gasteiger partial charge in [-0.1, -0.05) is 13.8 Å². The molecular formula is C16H34N4O. The monoisotopic (exact) mass is 298 g/mol. The first-order valence-corrected chi connectivity index (χ1v) is 8.30. The van der Waals surface area contributed by atoms with Crippen LogP contribution in [0.2, 0.25) is 0 Å². The Hall–Kier alpha value is -0.810. The Bertz CT molecular complexity index is 309. The van der Waals surface area contributed by atoms with Crippen molar-refractivity contribution in [3.8, 4) is 0 Å². The van der Waals surface area contributed by atoms with Gasteiger partial charge in [0.15, 0.2) is 5.96 Å². The van der Waals surface area contributed by atoms with E-state index in [0.717, 1.165) is 58.3 Å². The van der Waals surface area contributed by atoms with Crippen LogP contribution in [0, 0.1) is 5.92 Å². The number of hydrogen-bond acceptors (Lipinski definition) is 3. The molecule has 0 atom stereocenters. The number of nitrogens with zero attached hydrogens (tertiary/aromatic N) is 2. The van der Waals surface area contributed by atoms with Crippen molar-refractivity contribution < 1.29 is 4.74 Å². The quantitative estimate of drug-likeness (QED) is 0.555. The van der Waals surface area contributed by atoms with Gasteiger partial charge in [-0.2, -0.15) is 0 Å². The first kappa shape index (κ1) is 18.2. The minimum atomic E-state index is 0.0736. The van der Waals surface area contributed by atoms with E-state index in [9.17, 15) is 0 Å². The molecule has 0 aromatic heterocycles. The van der Waals surface area contributed by atoms with E-state index in [1.54, 1.807) is 0 Å². The fourth-order valence-electron chi connectivity index (χ4n) is 2.36. The zero-order chi connectivity index (χ0) is 15.7. The number of aliphatic imine (C=N–C) groups is 1. The normalized spacial score (nSPS) is 18.1. The average Bonchev–Trinajstić information content (AvgIpc) is 2.45. The van der Waals surface area contributed by atoms with Crippen LogP contribution in [0.5, 0.6) is 0 Å². The fourth-order valence-corrected chi connectivity index (χ4v) is 2.36. The summed E-state index contributed by atoms with van der Waals surface area (Å²) in [6.45, 7) is 17.4. The number of guanidine groups is 1. The Balaban J connectivity index is 2.50. The van der Waals surface area contributed by atoms with Gasteiger partial charge in [-0.05, 0) is 33.1 Å². The van der Waals surface area contributed by atoms with E-state index in [-0.39, 0.29) is 5.54 Å². The maximum Gasteiger partial charge on any atom is 0.191 e. The lowest BCUT2D eigenvalue weighted by atomic mass is 10.0. The molecule has 1 heterocycles. The van der Waals surface area contributed by atoms with Crippen molar-refractivity contribution >= 4 is 5.96 Å². The Labute approximate surface area is 130 Å². The lowest BCUT2D eigenvalue weighted by Crippen LogP contribution is -2.52. The molecule has 0 aliphatic carbocycles. The summed E-state index contributed by atoms with van der Waals surface area (Å²) in [4.78, 5) is 7.24.